The van der Waals surface area contributed by atoms with Gasteiger partial charge in [0.15, 0.2) is 0 Å². The minimum atomic E-state index is 0.172. The number of hydrogen-bond donors (Lipinski definition) is 2. The first-order chi connectivity index (χ1) is 11.3. The van der Waals surface area contributed by atoms with Crippen molar-refractivity contribution in [3.05, 3.63) is 57.8 Å². The Labute approximate surface area is 142 Å². The number of carbonyl (C=O) groups excluding carboxylic acids is 1. The van der Waals surface area contributed by atoms with Crippen LogP contribution in [0.15, 0.2) is 41.8 Å². The largest absolute Gasteiger partial charge is 0.350 e. The van der Waals surface area contributed by atoms with Crippen LogP contribution in [0.3, 0.4) is 0 Å². The summed E-state index contributed by atoms with van der Waals surface area (Å²) in [6.07, 6.45) is 2.64. The molecule has 0 bridgehead atoms. The van der Waals surface area contributed by atoms with Gasteiger partial charge in [-0.1, -0.05) is 37.3 Å². The van der Waals surface area contributed by atoms with Crippen molar-refractivity contribution in [3.8, 4) is 0 Å². The van der Waals surface area contributed by atoms with Crippen LogP contribution in [0.1, 0.15) is 41.8 Å². The molecule has 2 aromatic rings. The summed E-state index contributed by atoms with van der Waals surface area (Å²) >= 11 is 1.80. The van der Waals surface area contributed by atoms with Gasteiger partial charge in [-0.25, -0.2) is 0 Å². The smallest absolute Gasteiger partial charge is 0.220 e. The molecule has 4 heteroatoms. The zero-order valence-corrected chi connectivity index (χ0v) is 14.5. The number of nitrogens with one attached hydrogen (secondary N) is 2. The predicted octanol–water partition coefficient (Wildman–Crippen LogP) is 2.35. The molecule has 1 aromatic heterocycles. The number of fused-ring (bicyclic) bond motifs is 1. The van der Waals surface area contributed by atoms with Gasteiger partial charge in [-0.05, 0) is 23.4 Å². The summed E-state index contributed by atoms with van der Waals surface area (Å²) in [5.74, 6) is 0.172. The number of carbonyl (C=O) groups is 1. The first kappa shape index (κ1) is 16.2. The Kier molecular flexibility index (Phi) is 5.47. The van der Waals surface area contributed by atoms with E-state index in [0.717, 1.165) is 32.5 Å². The van der Waals surface area contributed by atoms with Crippen LogP contribution in [0.2, 0.25) is 0 Å². The third-order valence-electron chi connectivity index (χ3n) is 4.61. The molecule has 1 aliphatic heterocycles. The van der Waals surface area contributed by atoms with Gasteiger partial charge in [0, 0.05) is 18.4 Å². The zero-order chi connectivity index (χ0) is 16.1. The van der Waals surface area contributed by atoms with E-state index < -0.39 is 0 Å². The second kappa shape index (κ2) is 7.75. The molecule has 23 heavy (non-hydrogen) atoms. The van der Waals surface area contributed by atoms with Crippen LogP contribution in [-0.2, 0) is 17.8 Å². The van der Waals surface area contributed by atoms with E-state index in [2.05, 4.69) is 47.1 Å². The van der Waals surface area contributed by atoms with E-state index in [1.807, 2.05) is 6.92 Å². The van der Waals surface area contributed by atoms with Gasteiger partial charge in [0.05, 0.1) is 18.0 Å². The van der Waals surface area contributed by atoms with E-state index in [-0.39, 0.29) is 5.91 Å². The van der Waals surface area contributed by atoms with Gasteiger partial charge in [0.25, 0.3) is 0 Å². The maximum absolute atomic E-state index is 11.9. The molecule has 0 radical (unpaired) electrons. The molecule has 122 valence electrons. The molecule has 0 aliphatic carbocycles. The Hall–Kier alpha value is -1.65. The van der Waals surface area contributed by atoms with Crippen LogP contribution in [0.4, 0.5) is 0 Å². The number of rotatable bonds is 6. The third kappa shape index (κ3) is 4.01. The normalized spacial score (nSPS) is 18.2. The van der Waals surface area contributed by atoms with Gasteiger partial charge in [0.1, 0.15) is 12.6 Å². The van der Waals surface area contributed by atoms with Gasteiger partial charge in [-0.15, -0.1) is 11.3 Å². The van der Waals surface area contributed by atoms with Gasteiger partial charge < -0.3 is 10.2 Å². The first-order valence-electron chi connectivity index (χ1n) is 8.49. The second-order valence-electron chi connectivity index (χ2n) is 6.23. The lowest BCUT2D eigenvalue weighted by Crippen LogP contribution is -3.12. The van der Waals surface area contributed by atoms with E-state index >= 15 is 0 Å². The SMILES string of the molecule is CCCC(=O)NC[C@@H](c1cccs1)[NH+]1CCc2ccccc2C1. The van der Waals surface area contributed by atoms with Crippen molar-refractivity contribution in [2.75, 3.05) is 13.1 Å². The minimum Gasteiger partial charge on any atom is -0.350 e. The average Bonchev–Trinajstić information content (AvgIpc) is 3.09. The molecule has 1 amide bonds. The summed E-state index contributed by atoms with van der Waals surface area (Å²) in [5, 5.41) is 5.27. The highest BCUT2D eigenvalue weighted by atomic mass is 32.1. The highest BCUT2D eigenvalue weighted by molar-refractivity contribution is 7.10. The number of hydrogen-bond acceptors (Lipinski definition) is 2. The van der Waals surface area contributed by atoms with E-state index in [4.69, 9.17) is 0 Å². The fraction of sp³-hybridized carbons (Fsp3) is 0.421. The fourth-order valence-electron chi connectivity index (χ4n) is 3.37. The zero-order valence-electron chi connectivity index (χ0n) is 13.7. The van der Waals surface area contributed by atoms with Crippen LogP contribution in [0, 0.1) is 0 Å². The molecule has 2 heterocycles. The Bertz CT molecular complexity index is 639. The van der Waals surface area contributed by atoms with Gasteiger partial charge >= 0.3 is 0 Å². The number of amides is 1. The van der Waals surface area contributed by atoms with Gasteiger partial charge in [-0.2, -0.15) is 0 Å². The summed E-state index contributed by atoms with van der Waals surface area (Å²) in [6, 6.07) is 13.4. The van der Waals surface area contributed by atoms with Crippen LogP contribution in [0.5, 0.6) is 0 Å². The molecule has 3 nitrogen and oxygen atoms in total. The Morgan fingerprint density at radius 1 is 1.26 bits per heavy atom. The lowest BCUT2D eigenvalue weighted by Gasteiger charge is -2.32. The Morgan fingerprint density at radius 2 is 2.09 bits per heavy atom. The quantitative estimate of drug-likeness (QED) is 0.838. The number of benzene rings is 1. The van der Waals surface area contributed by atoms with E-state index in [9.17, 15) is 4.79 Å². The molecule has 3 rings (SSSR count). The fourth-order valence-corrected chi connectivity index (χ4v) is 4.25. The maximum Gasteiger partial charge on any atom is 0.220 e. The standard InChI is InChI=1S/C19H24N2OS/c1-2-6-19(22)20-13-17(18-9-5-12-23-18)21-11-10-15-7-3-4-8-16(15)14-21/h3-5,7-9,12,17H,2,6,10-11,13-14H2,1H3,(H,20,22)/p+1/t17-/m0/s1. The highest BCUT2D eigenvalue weighted by Gasteiger charge is 2.29. The van der Waals surface area contributed by atoms with Gasteiger partial charge in [-0.3, -0.25) is 4.79 Å². The lowest BCUT2D eigenvalue weighted by molar-refractivity contribution is -0.945. The summed E-state index contributed by atoms with van der Waals surface area (Å²) in [5.41, 5.74) is 2.94. The van der Waals surface area contributed by atoms with Crippen molar-refractivity contribution in [3.63, 3.8) is 0 Å². The Balaban J connectivity index is 1.73. The summed E-state index contributed by atoms with van der Waals surface area (Å²) in [4.78, 5) is 14.8. The number of quaternary nitrogens is 1. The van der Waals surface area contributed by atoms with Crippen LogP contribution < -0.4 is 10.2 Å². The lowest BCUT2D eigenvalue weighted by atomic mass is 9.98. The molecular formula is C19H25N2OS+. The second-order valence-corrected chi connectivity index (χ2v) is 7.21. The van der Waals surface area contributed by atoms with Crippen molar-refractivity contribution in [2.24, 2.45) is 0 Å². The number of thiophene rings is 1. The average molecular weight is 329 g/mol. The minimum absolute atomic E-state index is 0.172. The Morgan fingerprint density at radius 3 is 2.83 bits per heavy atom. The van der Waals surface area contributed by atoms with Crippen molar-refractivity contribution < 1.29 is 9.69 Å². The maximum atomic E-state index is 11.9. The molecule has 2 atom stereocenters. The van der Waals surface area contributed by atoms with Crippen LogP contribution in [0.25, 0.3) is 0 Å². The predicted molar refractivity (Wildman–Crippen MR) is 94.7 cm³/mol. The third-order valence-corrected chi connectivity index (χ3v) is 5.60. The van der Waals surface area contributed by atoms with Gasteiger partial charge in [0.2, 0.25) is 5.91 Å². The summed E-state index contributed by atoms with van der Waals surface area (Å²) < 4.78 is 0. The molecular weight excluding hydrogens is 304 g/mol. The van der Waals surface area contributed by atoms with Crippen LogP contribution in [-0.4, -0.2) is 19.0 Å². The van der Waals surface area contributed by atoms with E-state index in [0.29, 0.717) is 12.5 Å². The molecule has 1 aliphatic rings. The van der Waals surface area contributed by atoms with Crippen molar-refractivity contribution in [1.82, 2.24) is 5.32 Å². The monoisotopic (exact) mass is 329 g/mol. The molecule has 1 aromatic carbocycles. The molecule has 1 unspecified atom stereocenters. The first-order valence-corrected chi connectivity index (χ1v) is 9.37. The molecule has 0 saturated carbocycles. The van der Waals surface area contributed by atoms with E-state index in [1.165, 1.54) is 16.0 Å². The highest BCUT2D eigenvalue weighted by Crippen LogP contribution is 2.19. The van der Waals surface area contributed by atoms with Crippen molar-refractivity contribution in [1.29, 1.82) is 0 Å². The van der Waals surface area contributed by atoms with E-state index in [1.54, 1.807) is 16.2 Å². The summed E-state index contributed by atoms with van der Waals surface area (Å²) in [7, 11) is 0. The molecule has 0 fully saturated rings. The van der Waals surface area contributed by atoms with Crippen LogP contribution >= 0.6 is 11.3 Å². The molecule has 2 N–H and O–H groups in total. The van der Waals surface area contributed by atoms with Crippen molar-refractivity contribution >= 4 is 17.2 Å². The topological polar surface area (TPSA) is 33.5 Å². The molecule has 0 spiro atoms. The summed E-state index contributed by atoms with van der Waals surface area (Å²) in [6.45, 7) is 4.95. The van der Waals surface area contributed by atoms with Crippen molar-refractivity contribution in [2.45, 2.75) is 38.8 Å². The molecule has 0 saturated heterocycles.